The Kier molecular flexibility index (Phi) is 4.08. The van der Waals surface area contributed by atoms with E-state index < -0.39 is 5.97 Å². The lowest BCUT2D eigenvalue weighted by atomic mass is 10.0. The van der Waals surface area contributed by atoms with Gasteiger partial charge in [-0.15, -0.1) is 0 Å². The Hall–Kier alpha value is -2.30. The van der Waals surface area contributed by atoms with E-state index in [-0.39, 0.29) is 5.69 Å². The predicted octanol–water partition coefficient (Wildman–Crippen LogP) is 2.71. The zero-order valence-electron chi connectivity index (χ0n) is 11.8. The monoisotopic (exact) mass is 273 g/mol. The lowest BCUT2D eigenvalue weighted by molar-refractivity contribution is 0.0690. The Labute approximate surface area is 118 Å². The van der Waals surface area contributed by atoms with E-state index in [1.54, 1.807) is 7.05 Å². The van der Waals surface area contributed by atoms with Gasteiger partial charge in [0.25, 0.3) is 0 Å². The Morgan fingerprint density at radius 1 is 1.35 bits per heavy atom. The fourth-order valence-electron chi connectivity index (χ4n) is 2.19. The molecular weight excluding hydrogens is 254 g/mol. The van der Waals surface area contributed by atoms with Gasteiger partial charge in [0.15, 0.2) is 5.69 Å². The van der Waals surface area contributed by atoms with E-state index >= 15 is 0 Å². The molecule has 0 spiro atoms. The van der Waals surface area contributed by atoms with Crippen molar-refractivity contribution in [3.05, 3.63) is 35.5 Å². The molecule has 2 rings (SSSR count). The van der Waals surface area contributed by atoms with E-state index in [0.29, 0.717) is 11.4 Å². The Balaban J connectivity index is 2.39. The van der Waals surface area contributed by atoms with E-state index in [9.17, 15) is 9.90 Å². The van der Waals surface area contributed by atoms with Crippen molar-refractivity contribution in [1.29, 1.82) is 0 Å². The number of hydrogen-bond donors (Lipinski definition) is 2. The van der Waals surface area contributed by atoms with Gasteiger partial charge in [-0.1, -0.05) is 37.6 Å². The van der Waals surface area contributed by atoms with Gasteiger partial charge in [-0.25, -0.2) is 4.79 Å². The Morgan fingerprint density at radius 3 is 2.55 bits per heavy atom. The van der Waals surface area contributed by atoms with Crippen LogP contribution in [0, 0.1) is 0 Å². The molecule has 0 saturated carbocycles. The van der Waals surface area contributed by atoms with E-state index in [2.05, 4.69) is 12.0 Å². The summed E-state index contributed by atoms with van der Waals surface area (Å²) < 4.78 is 1.39. The first-order valence-electron chi connectivity index (χ1n) is 6.69. The number of aromatic nitrogens is 2. The largest absolute Gasteiger partial charge is 0.476 e. The lowest BCUT2D eigenvalue weighted by Crippen LogP contribution is -2.00. The number of unbranched alkanes of at least 4 members (excludes halogenated alkanes) is 1. The molecule has 1 heterocycles. The molecule has 3 N–H and O–H groups in total. The molecule has 2 aromatic rings. The highest BCUT2D eigenvalue weighted by Gasteiger charge is 2.20. The van der Waals surface area contributed by atoms with Crippen LogP contribution in [-0.4, -0.2) is 20.9 Å². The Morgan fingerprint density at radius 2 is 2.00 bits per heavy atom. The first-order chi connectivity index (χ1) is 9.54. The second-order valence-electron chi connectivity index (χ2n) is 4.84. The van der Waals surface area contributed by atoms with Crippen LogP contribution in [0.2, 0.25) is 0 Å². The number of rotatable bonds is 5. The van der Waals surface area contributed by atoms with Crippen molar-refractivity contribution in [3.8, 4) is 11.1 Å². The van der Waals surface area contributed by atoms with Gasteiger partial charge in [0.1, 0.15) is 5.82 Å². The minimum absolute atomic E-state index is 0.00805. The molecule has 0 fully saturated rings. The quantitative estimate of drug-likeness (QED) is 0.877. The average Bonchev–Trinajstić information content (AvgIpc) is 2.74. The van der Waals surface area contributed by atoms with Crippen LogP contribution in [0.1, 0.15) is 35.8 Å². The molecule has 0 unspecified atom stereocenters. The maximum Gasteiger partial charge on any atom is 0.357 e. The second kappa shape index (κ2) is 5.77. The minimum atomic E-state index is -1.07. The predicted molar refractivity (Wildman–Crippen MR) is 78.6 cm³/mol. The molecule has 0 aliphatic carbocycles. The van der Waals surface area contributed by atoms with E-state index in [1.807, 2.05) is 24.3 Å². The number of hydrogen-bond acceptors (Lipinski definition) is 3. The molecule has 0 saturated heterocycles. The first kappa shape index (κ1) is 14.1. The Bertz CT molecular complexity index is 615. The van der Waals surface area contributed by atoms with Gasteiger partial charge < -0.3 is 10.8 Å². The van der Waals surface area contributed by atoms with Gasteiger partial charge in [0, 0.05) is 7.05 Å². The van der Waals surface area contributed by atoms with Crippen LogP contribution in [0.4, 0.5) is 5.82 Å². The third kappa shape index (κ3) is 2.66. The van der Waals surface area contributed by atoms with Crippen molar-refractivity contribution in [3.63, 3.8) is 0 Å². The molecule has 106 valence electrons. The number of aryl methyl sites for hydroxylation is 2. The molecule has 5 heteroatoms. The number of aromatic carboxylic acids is 1. The molecule has 0 atom stereocenters. The fraction of sp³-hybridized carbons (Fsp3) is 0.333. The highest BCUT2D eigenvalue weighted by molar-refractivity contribution is 5.97. The van der Waals surface area contributed by atoms with E-state index in [0.717, 1.165) is 24.8 Å². The SMILES string of the molecule is CCCCc1ccc(-c2c(C(=O)O)nn(C)c2N)cc1. The standard InChI is InChI=1S/C15H19N3O2/c1-3-4-5-10-6-8-11(9-7-10)12-13(15(19)20)17-18(2)14(12)16/h6-9H,3-5,16H2,1-2H3,(H,19,20). The minimum Gasteiger partial charge on any atom is -0.476 e. The molecule has 0 aliphatic rings. The third-order valence-electron chi connectivity index (χ3n) is 3.36. The first-order valence-corrected chi connectivity index (χ1v) is 6.69. The van der Waals surface area contributed by atoms with Crippen molar-refractivity contribution in [2.45, 2.75) is 26.2 Å². The number of carbonyl (C=O) groups is 1. The van der Waals surface area contributed by atoms with Crippen LogP contribution in [0.5, 0.6) is 0 Å². The van der Waals surface area contributed by atoms with Gasteiger partial charge in [-0.05, 0) is 24.0 Å². The van der Waals surface area contributed by atoms with Gasteiger partial charge in [0.05, 0.1) is 5.56 Å². The summed E-state index contributed by atoms with van der Waals surface area (Å²) in [5.74, 6) is -0.703. The normalized spacial score (nSPS) is 10.7. The highest BCUT2D eigenvalue weighted by Crippen LogP contribution is 2.29. The number of nitrogens with zero attached hydrogens (tertiary/aromatic N) is 2. The molecular formula is C15H19N3O2. The number of nitrogens with two attached hydrogens (primary N) is 1. The summed E-state index contributed by atoms with van der Waals surface area (Å²) >= 11 is 0. The lowest BCUT2D eigenvalue weighted by Gasteiger charge is -2.04. The number of carboxylic acids is 1. The summed E-state index contributed by atoms with van der Waals surface area (Å²) in [5, 5.41) is 13.2. The van der Waals surface area contributed by atoms with Crippen molar-refractivity contribution < 1.29 is 9.90 Å². The summed E-state index contributed by atoms with van der Waals surface area (Å²) in [6.07, 6.45) is 3.33. The summed E-state index contributed by atoms with van der Waals surface area (Å²) in [6, 6.07) is 7.85. The second-order valence-corrected chi connectivity index (χ2v) is 4.84. The van der Waals surface area contributed by atoms with Crippen molar-refractivity contribution >= 4 is 11.8 Å². The van der Waals surface area contributed by atoms with Gasteiger partial charge >= 0.3 is 5.97 Å². The molecule has 1 aromatic heterocycles. The maximum absolute atomic E-state index is 11.2. The molecule has 0 bridgehead atoms. The number of benzene rings is 1. The summed E-state index contributed by atoms with van der Waals surface area (Å²) in [5.41, 5.74) is 8.44. The summed E-state index contributed by atoms with van der Waals surface area (Å²) in [7, 11) is 1.64. The molecule has 0 amide bonds. The number of carboxylic acid groups (broad SMARTS) is 1. The van der Waals surface area contributed by atoms with Crippen molar-refractivity contribution in [2.24, 2.45) is 7.05 Å². The summed E-state index contributed by atoms with van der Waals surface area (Å²) in [4.78, 5) is 11.2. The molecule has 5 nitrogen and oxygen atoms in total. The van der Waals surface area contributed by atoms with Crippen LogP contribution < -0.4 is 5.73 Å². The van der Waals surface area contributed by atoms with Crippen LogP contribution in [-0.2, 0) is 13.5 Å². The van der Waals surface area contributed by atoms with Gasteiger partial charge in [-0.2, -0.15) is 5.10 Å². The van der Waals surface area contributed by atoms with Crippen LogP contribution in [0.3, 0.4) is 0 Å². The molecule has 20 heavy (non-hydrogen) atoms. The summed E-state index contributed by atoms with van der Waals surface area (Å²) in [6.45, 7) is 2.16. The third-order valence-corrected chi connectivity index (χ3v) is 3.36. The zero-order chi connectivity index (χ0) is 14.7. The maximum atomic E-state index is 11.2. The van der Waals surface area contributed by atoms with Gasteiger partial charge in [-0.3, -0.25) is 4.68 Å². The smallest absolute Gasteiger partial charge is 0.357 e. The van der Waals surface area contributed by atoms with E-state index in [1.165, 1.54) is 10.2 Å². The average molecular weight is 273 g/mol. The van der Waals surface area contributed by atoms with Crippen LogP contribution in [0.15, 0.2) is 24.3 Å². The molecule has 1 aromatic carbocycles. The number of anilines is 1. The molecule has 0 radical (unpaired) electrons. The van der Waals surface area contributed by atoms with Crippen molar-refractivity contribution in [1.82, 2.24) is 9.78 Å². The van der Waals surface area contributed by atoms with Crippen molar-refractivity contribution in [2.75, 3.05) is 5.73 Å². The van der Waals surface area contributed by atoms with E-state index in [4.69, 9.17) is 5.73 Å². The number of nitrogen functional groups attached to an aromatic ring is 1. The topological polar surface area (TPSA) is 81.1 Å². The molecule has 0 aliphatic heterocycles. The van der Waals surface area contributed by atoms with Gasteiger partial charge in [0.2, 0.25) is 0 Å². The fourth-order valence-corrected chi connectivity index (χ4v) is 2.19. The van der Waals surface area contributed by atoms with Crippen LogP contribution >= 0.6 is 0 Å². The van der Waals surface area contributed by atoms with Crippen LogP contribution in [0.25, 0.3) is 11.1 Å². The highest BCUT2D eigenvalue weighted by atomic mass is 16.4. The zero-order valence-corrected chi connectivity index (χ0v) is 11.8.